The van der Waals surface area contributed by atoms with E-state index in [9.17, 15) is 4.79 Å². The van der Waals surface area contributed by atoms with Crippen molar-refractivity contribution in [1.29, 1.82) is 0 Å². The molecular formula is C16H21N5OS. The van der Waals surface area contributed by atoms with Crippen LogP contribution in [0.1, 0.15) is 49.5 Å². The fraction of sp³-hybridized carbons (Fsp3) is 0.500. The summed E-state index contributed by atoms with van der Waals surface area (Å²) in [5.74, 6) is 1.16. The van der Waals surface area contributed by atoms with Crippen LogP contribution in [0.4, 0.5) is 5.13 Å². The van der Waals surface area contributed by atoms with Gasteiger partial charge in [-0.3, -0.25) is 9.69 Å². The fourth-order valence-corrected chi connectivity index (χ4v) is 3.35. The minimum Gasteiger partial charge on any atom is -0.302 e. The van der Waals surface area contributed by atoms with E-state index in [1.54, 1.807) is 0 Å². The van der Waals surface area contributed by atoms with Crippen molar-refractivity contribution >= 4 is 22.4 Å². The van der Waals surface area contributed by atoms with E-state index in [1.807, 2.05) is 11.6 Å². The molecule has 0 saturated carbocycles. The van der Waals surface area contributed by atoms with E-state index in [0.717, 1.165) is 43.3 Å². The van der Waals surface area contributed by atoms with Crippen molar-refractivity contribution in [3.8, 4) is 0 Å². The van der Waals surface area contributed by atoms with Gasteiger partial charge in [-0.05, 0) is 12.0 Å². The minimum absolute atomic E-state index is 0.0873. The van der Waals surface area contributed by atoms with Gasteiger partial charge in [-0.2, -0.15) is 0 Å². The Balaban J connectivity index is 1.68. The van der Waals surface area contributed by atoms with Gasteiger partial charge in [0.25, 0.3) is 0 Å². The number of nitrogens with zero attached hydrogens (tertiary/aromatic N) is 4. The number of aromatic nitrogens is 3. The van der Waals surface area contributed by atoms with Crippen molar-refractivity contribution in [2.24, 2.45) is 0 Å². The second kappa shape index (κ2) is 6.72. The van der Waals surface area contributed by atoms with Crippen molar-refractivity contribution in [3.63, 3.8) is 0 Å². The van der Waals surface area contributed by atoms with Gasteiger partial charge in [0, 0.05) is 44.1 Å². The Bertz CT molecular complexity index is 712. The van der Waals surface area contributed by atoms with Gasteiger partial charge in [0.2, 0.25) is 5.91 Å². The lowest BCUT2D eigenvalue weighted by atomic mass is 10.1. The van der Waals surface area contributed by atoms with Crippen LogP contribution in [0.15, 0.2) is 11.6 Å². The number of amides is 1. The van der Waals surface area contributed by atoms with Crippen LogP contribution in [-0.4, -0.2) is 32.3 Å². The number of hydrogen-bond acceptors (Lipinski definition) is 6. The second-order valence-corrected chi connectivity index (χ2v) is 7.00. The van der Waals surface area contributed by atoms with E-state index in [0.29, 0.717) is 11.0 Å². The van der Waals surface area contributed by atoms with Gasteiger partial charge in [-0.1, -0.05) is 13.8 Å². The van der Waals surface area contributed by atoms with E-state index in [1.165, 1.54) is 23.8 Å². The lowest BCUT2D eigenvalue weighted by Gasteiger charge is -2.27. The zero-order chi connectivity index (χ0) is 16.4. The van der Waals surface area contributed by atoms with Gasteiger partial charge in [0.05, 0.1) is 11.4 Å². The molecule has 23 heavy (non-hydrogen) atoms. The summed E-state index contributed by atoms with van der Waals surface area (Å²) < 4.78 is 0. The summed E-state index contributed by atoms with van der Waals surface area (Å²) in [6.45, 7) is 8.29. The summed E-state index contributed by atoms with van der Waals surface area (Å²) >= 11 is 1.46. The standard InChI is InChI=1S/C16H21N5OS/c1-10(2)15-17-6-12-4-5-21(8-14(12)20-15)7-13-9-23-16(19-13)18-11(3)22/h6,9-10H,4-5,7-8H2,1-3H3,(H,18,19,22). The number of carbonyl (C=O) groups is 1. The van der Waals surface area contributed by atoms with Crippen molar-refractivity contribution in [3.05, 3.63) is 34.4 Å². The lowest BCUT2D eigenvalue weighted by molar-refractivity contribution is -0.114. The molecule has 1 aliphatic heterocycles. The molecule has 0 aliphatic carbocycles. The number of nitrogens with one attached hydrogen (secondary N) is 1. The molecule has 6 nitrogen and oxygen atoms in total. The first-order valence-electron chi connectivity index (χ1n) is 7.80. The van der Waals surface area contributed by atoms with Crippen LogP contribution in [0.2, 0.25) is 0 Å². The highest BCUT2D eigenvalue weighted by atomic mass is 32.1. The topological polar surface area (TPSA) is 71.0 Å². The quantitative estimate of drug-likeness (QED) is 0.932. The van der Waals surface area contributed by atoms with Gasteiger partial charge in [-0.15, -0.1) is 11.3 Å². The number of hydrogen-bond donors (Lipinski definition) is 1. The Labute approximate surface area is 140 Å². The summed E-state index contributed by atoms with van der Waals surface area (Å²) in [4.78, 5) is 27.0. The smallest absolute Gasteiger partial charge is 0.223 e. The minimum atomic E-state index is -0.0873. The van der Waals surface area contributed by atoms with Crippen molar-refractivity contribution < 1.29 is 4.79 Å². The predicted molar refractivity (Wildman–Crippen MR) is 90.4 cm³/mol. The Kier molecular flexibility index (Phi) is 4.68. The summed E-state index contributed by atoms with van der Waals surface area (Å²) in [5.41, 5.74) is 3.37. The highest BCUT2D eigenvalue weighted by Crippen LogP contribution is 2.22. The molecule has 2 aromatic heterocycles. The average molecular weight is 331 g/mol. The van der Waals surface area contributed by atoms with Crippen LogP contribution in [0.3, 0.4) is 0 Å². The van der Waals surface area contributed by atoms with E-state index in [-0.39, 0.29) is 5.91 Å². The third-order valence-corrected chi connectivity index (χ3v) is 4.59. The largest absolute Gasteiger partial charge is 0.302 e. The van der Waals surface area contributed by atoms with E-state index >= 15 is 0 Å². The van der Waals surface area contributed by atoms with Crippen LogP contribution >= 0.6 is 11.3 Å². The molecule has 3 rings (SSSR count). The molecule has 122 valence electrons. The number of thiazole rings is 1. The van der Waals surface area contributed by atoms with E-state index in [2.05, 4.69) is 34.0 Å². The Hall–Kier alpha value is -1.86. The highest BCUT2D eigenvalue weighted by molar-refractivity contribution is 7.13. The fourth-order valence-electron chi connectivity index (χ4n) is 2.60. The van der Waals surface area contributed by atoms with Crippen LogP contribution in [0.5, 0.6) is 0 Å². The van der Waals surface area contributed by atoms with Crippen LogP contribution in [0, 0.1) is 0 Å². The Morgan fingerprint density at radius 2 is 2.26 bits per heavy atom. The third kappa shape index (κ3) is 3.92. The summed E-state index contributed by atoms with van der Waals surface area (Å²) in [5, 5.41) is 5.39. The van der Waals surface area contributed by atoms with E-state index < -0.39 is 0 Å². The first-order valence-corrected chi connectivity index (χ1v) is 8.68. The third-order valence-electron chi connectivity index (χ3n) is 3.78. The first kappa shape index (κ1) is 16.0. The lowest BCUT2D eigenvalue weighted by Crippen LogP contribution is -2.31. The molecule has 0 fully saturated rings. The number of rotatable bonds is 4. The number of carbonyl (C=O) groups excluding carboxylic acids is 1. The average Bonchev–Trinajstić information content (AvgIpc) is 2.92. The summed E-state index contributed by atoms with van der Waals surface area (Å²) in [6.07, 6.45) is 2.95. The van der Waals surface area contributed by atoms with Gasteiger partial charge in [0.1, 0.15) is 5.82 Å². The molecule has 0 aromatic carbocycles. The maximum atomic E-state index is 11.1. The highest BCUT2D eigenvalue weighted by Gasteiger charge is 2.20. The Morgan fingerprint density at radius 3 is 3.00 bits per heavy atom. The number of fused-ring (bicyclic) bond motifs is 1. The van der Waals surface area contributed by atoms with Crippen LogP contribution in [-0.2, 0) is 24.3 Å². The van der Waals surface area contributed by atoms with Gasteiger partial charge < -0.3 is 5.32 Å². The molecule has 0 spiro atoms. The molecule has 0 radical (unpaired) electrons. The first-order chi connectivity index (χ1) is 11.0. The van der Waals surface area contributed by atoms with Gasteiger partial charge in [0.15, 0.2) is 5.13 Å². The molecular weight excluding hydrogens is 310 g/mol. The van der Waals surface area contributed by atoms with Gasteiger partial charge in [-0.25, -0.2) is 15.0 Å². The normalized spacial score (nSPS) is 14.8. The molecule has 0 saturated heterocycles. The van der Waals surface area contributed by atoms with Crippen LogP contribution < -0.4 is 5.32 Å². The monoisotopic (exact) mass is 331 g/mol. The molecule has 0 bridgehead atoms. The zero-order valence-corrected chi connectivity index (χ0v) is 14.5. The van der Waals surface area contributed by atoms with Crippen molar-refractivity contribution in [1.82, 2.24) is 19.9 Å². The van der Waals surface area contributed by atoms with Gasteiger partial charge >= 0.3 is 0 Å². The maximum absolute atomic E-state index is 11.1. The SMILES string of the molecule is CC(=O)Nc1nc(CN2CCc3cnc(C(C)C)nc3C2)cs1. The Morgan fingerprint density at radius 1 is 1.43 bits per heavy atom. The molecule has 2 aromatic rings. The molecule has 7 heteroatoms. The zero-order valence-electron chi connectivity index (χ0n) is 13.7. The predicted octanol–water partition coefficient (Wildman–Crippen LogP) is 2.57. The summed E-state index contributed by atoms with van der Waals surface area (Å²) in [7, 11) is 0. The maximum Gasteiger partial charge on any atom is 0.223 e. The molecule has 0 atom stereocenters. The molecule has 1 aliphatic rings. The molecule has 3 heterocycles. The van der Waals surface area contributed by atoms with Crippen molar-refractivity contribution in [2.75, 3.05) is 11.9 Å². The van der Waals surface area contributed by atoms with Crippen molar-refractivity contribution in [2.45, 2.75) is 46.2 Å². The van der Waals surface area contributed by atoms with E-state index in [4.69, 9.17) is 4.98 Å². The molecule has 1 amide bonds. The molecule has 1 N–H and O–H groups in total. The molecule has 0 unspecified atom stereocenters. The van der Waals surface area contributed by atoms with Crippen LogP contribution in [0.25, 0.3) is 0 Å². The summed E-state index contributed by atoms with van der Waals surface area (Å²) in [6, 6.07) is 0. The second-order valence-electron chi connectivity index (χ2n) is 6.14. The number of anilines is 1.